The first-order chi connectivity index (χ1) is 9.17. The van der Waals surface area contributed by atoms with Crippen LogP contribution in [0.25, 0.3) is 0 Å². The topological polar surface area (TPSA) is 111 Å². The molecule has 0 aliphatic heterocycles. The second-order valence-electron chi connectivity index (χ2n) is 4.06. The van der Waals surface area contributed by atoms with Gasteiger partial charge in [-0.1, -0.05) is 0 Å². The molecule has 2 aromatic rings. The van der Waals surface area contributed by atoms with Crippen LogP contribution in [0.15, 0.2) is 23.0 Å². The summed E-state index contributed by atoms with van der Waals surface area (Å²) < 4.78 is 10.4. The Morgan fingerprint density at radius 3 is 2.74 bits per heavy atom. The molecule has 4 N–H and O–H groups in total. The molecule has 0 unspecified atom stereocenters. The third kappa shape index (κ3) is 3.81. The van der Waals surface area contributed by atoms with E-state index in [1.54, 1.807) is 12.5 Å². The summed E-state index contributed by atoms with van der Waals surface area (Å²) in [6, 6.07) is 2.06. The third-order valence-corrected chi connectivity index (χ3v) is 2.12. The Morgan fingerprint density at radius 2 is 2.11 bits per heavy atom. The van der Waals surface area contributed by atoms with Crippen molar-refractivity contribution in [1.82, 2.24) is 15.0 Å². The van der Waals surface area contributed by atoms with E-state index in [9.17, 15) is 0 Å². The van der Waals surface area contributed by atoms with E-state index in [1.807, 2.05) is 19.9 Å². The Balaban J connectivity index is 2.09. The van der Waals surface area contributed by atoms with Gasteiger partial charge in [-0.25, -0.2) is 5.84 Å². The van der Waals surface area contributed by atoms with Crippen molar-refractivity contribution in [2.24, 2.45) is 5.84 Å². The van der Waals surface area contributed by atoms with E-state index >= 15 is 0 Å². The summed E-state index contributed by atoms with van der Waals surface area (Å²) >= 11 is 0. The van der Waals surface area contributed by atoms with Gasteiger partial charge in [0.15, 0.2) is 0 Å². The lowest BCUT2D eigenvalue weighted by Gasteiger charge is -2.10. The first kappa shape index (κ1) is 13.1. The van der Waals surface area contributed by atoms with E-state index in [2.05, 4.69) is 25.7 Å². The highest BCUT2D eigenvalue weighted by molar-refractivity contribution is 5.35. The summed E-state index contributed by atoms with van der Waals surface area (Å²) in [5.41, 5.74) is 3.35. The number of nitrogens with two attached hydrogens (primary N) is 1. The van der Waals surface area contributed by atoms with E-state index in [0.717, 1.165) is 5.56 Å². The van der Waals surface area contributed by atoms with Crippen molar-refractivity contribution in [1.29, 1.82) is 0 Å². The number of nitrogens with zero attached hydrogens (tertiary/aromatic N) is 3. The molecule has 102 valence electrons. The molecular weight excluding hydrogens is 248 g/mol. The van der Waals surface area contributed by atoms with Crippen molar-refractivity contribution in [3.05, 3.63) is 24.2 Å². The van der Waals surface area contributed by atoms with Gasteiger partial charge in [-0.15, -0.1) is 0 Å². The van der Waals surface area contributed by atoms with Crippen molar-refractivity contribution in [3.8, 4) is 6.01 Å². The van der Waals surface area contributed by atoms with Gasteiger partial charge in [-0.3, -0.25) is 5.43 Å². The Kier molecular flexibility index (Phi) is 4.14. The van der Waals surface area contributed by atoms with Crippen LogP contribution in [-0.2, 0) is 6.54 Å². The molecule has 0 atom stereocenters. The minimum atomic E-state index is -0.0326. The summed E-state index contributed by atoms with van der Waals surface area (Å²) in [7, 11) is 0. The van der Waals surface area contributed by atoms with Crippen LogP contribution >= 0.6 is 0 Å². The highest BCUT2D eigenvalue weighted by Gasteiger charge is 2.08. The maximum Gasteiger partial charge on any atom is 0.323 e. The van der Waals surface area contributed by atoms with Crippen molar-refractivity contribution >= 4 is 11.9 Å². The third-order valence-electron chi connectivity index (χ3n) is 2.12. The minimum Gasteiger partial charge on any atom is -0.472 e. The summed E-state index contributed by atoms with van der Waals surface area (Å²) in [6.07, 6.45) is 3.21. The largest absolute Gasteiger partial charge is 0.472 e. The van der Waals surface area contributed by atoms with Crippen molar-refractivity contribution in [3.63, 3.8) is 0 Å². The number of ether oxygens (including phenoxy) is 1. The first-order valence-corrected chi connectivity index (χ1v) is 5.81. The molecule has 0 aliphatic rings. The highest BCUT2D eigenvalue weighted by Crippen LogP contribution is 2.12. The summed E-state index contributed by atoms with van der Waals surface area (Å²) in [4.78, 5) is 12.2. The van der Waals surface area contributed by atoms with Crippen molar-refractivity contribution in [2.75, 3.05) is 10.7 Å². The molecular formula is C11H16N6O2. The van der Waals surface area contributed by atoms with E-state index in [4.69, 9.17) is 15.0 Å². The summed E-state index contributed by atoms with van der Waals surface area (Å²) in [5, 5.41) is 3.04. The van der Waals surface area contributed by atoms with Crippen LogP contribution < -0.4 is 21.3 Å². The van der Waals surface area contributed by atoms with Crippen LogP contribution in [0.4, 0.5) is 11.9 Å². The zero-order valence-corrected chi connectivity index (χ0v) is 10.8. The van der Waals surface area contributed by atoms with Crippen LogP contribution in [0.2, 0.25) is 0 Å². The van der Waals surface area contributed by atoms with E-state index in [-0.39, 0.29) is 18.1 Å². The molecule has 8 heteroatoms. The smallest absolute Gasteiger partial charge is 0.323 e. The van der Waals surface area contributed by atoms with E-state index < -0.39 is 0 Å². The van der Waals surface area contributed by atoms with Crippen LogP contribution in [-0.4, -0.2) is 21.1 Å². The Bertz CT molecular complexity index is 514. The SMILES string of the molecule is CC(C)Oc1nc(NN)nc(NCc2ccoc2)n1. The zero-order chi connectivity index (χ0) is 13.7. The molecule has 0 bridgehead atoms. The van der Waals surface area contributed by atoms with Crippen molar-refractivity contribution < 1.29 is 9.15 Å². The molecule has 2 heterocycles. The summed E-state index contributed by atoms with van der Waals surface area (Å²) in [5.74, 6) is 5.92. The van der Waals surface area contributed by atoms with Gasteiger partial charge in [0.25, 0.3) is 0 Å². The van der Waals surface area contributed by atoms with Gasteiger partial charge in [0.2, 0.25) is 11.9 Å². The molecule has 19 heavy (non-hydrogen) atoms. The number of hydrazine groups is 1. The van der Waals surface area contributed by atoms with Gasteiger partial charge < -0.3 is 14.5 Å². The molecule has 2 aromatic heterocycles. The average molecular weight is 264 g/mol. The number of hydrogen-bond acceptors (Lipinski definition) is 8. The maximum atomic E-state index is 5.42. The predicted molar refractivity (Wildman–Crippen MR) is 69.4 cm³/mol. The second-order valence-corrected chi connectivity index (χ2v) is 4.06. The molecule has 0 amide bonds. The lowest BCUT2D eigenvalue weighted by atomic mass is 10.3. The molecule has 0 aliphatic carbocycles. The van der Waals surface area contributed by atoms with Gasteiger partial charge in [-0.05, 0) is 19.9 Å². The van der Waals surface area contributed by atoms with Crippen LogP contribution in [0, 0.1) is 0 Å². The number of anilines is 2. The highest BCUT2D eigenvalue weighted by atomic mass is 16.5. The molecule has 0 fully saturated rings. The van der Waals surface area contributed by atoms with Crippen molar-refractivity contribution in [2.45, 2.75) is 26.5 Å². The molecule has 0 saturated heterocycles. The number of rotatable bonds is 6. The van der Waals surface area contributed by atoms with E-state index in [0.29, 0.717) is 12.5 Å². The summed E-state index contributed by atoms with van der Waals surface area (Å²) in [6.45, 7) is 4.31. The second kappa shape index (κ2) is 6.01. The molecule has 0 aromatic carbocycles. The number of aromatic nitrogens is 3. The predicted octanol–water partition coefficient (Wildman–Crippen LogP) is 1.15. The first-order valence-electron chi connectivity index (χ1n) is 5.81. The fraction of sp³-hybridized carbons (Fsp3) is 0.364. The minimum absolute atomic E-state index is 0.0326. The van der Waals surface area contributed by atoms with Gasteiger partial charge in [0, 0.05) is 12.1 Å². The molecule has 0 radical (unpaired) electrons. The molecule has 0 saturated carbocycles. The fourth-order valence-electron chi connectivity index (χ4n) is 1.34. The lowest BCUT2D eigenvalue weighted by Crippen LogP contribution is -2.16. The van der Waals surface area contributed by atoms with Crippen LogP contribution in [0.5, 0.6) is 6.01 Å². The Morgan fingerprint density at radius 1 is 1.32 bits per heavy atom. The number of nitrogen functional groups attached to an aromatic ring is 1. The van der Waals surface area contributed by atoms with Crippen LogP contribution in [0.3, 0.4) is 0 Å². The quantitative estimate of drug-likeness (QED) is 0.526. The standard InChI is InChI=1S/C11H16N6O2/c1-7(2)19-11-15-9(14-10(16-11)17-12)13-5-8-3-4-18-6-8/h3-4,6-7H,5,12H2,1-2H3,(H2,13,14,15,16,17). The average Bonchev–Trinajstić information content (AvgIpc) is 2.88. The number of nitrogens with one attached hydrogen (secondary N) is 2. The normalized spacial score (nSPS) is 10.5. The molecule has 8 nitrogen and oxygen atoms in total. The van der Waals surface area contributed by atoms with Gasteiger partial charge in [0.1, 0.15) is 0 Å². The van der Waals surface area contributed by atoms with Crippen LogP contribution in [0.1, 0.15) is 19.4 Å². The van der Waals surface area contributed by atoms with Gasteiger partial charge in [-0.2, -0.15) is 15.0 Å². The number of furan rings is 1. The fourth-order valence-corrected chi connectivity index (χ4v) is 1.34. The monoisotopic (exact) mass is 264 g/mol. The van der Waals surface area contributed by atoms with Gasteiger partial charge in [0.05, 0.1) is 18.6 Å². The maximum absolute atomic E-state index is 5.42. The zero-order valence-electron chi connectivity index (χ0n) is 10.8. The van der Waals surface area contributed by atoms with Gasteiger partial charge >= 0.3 is 6.01 Å². The Hall–Kier alpha value is -2.35. The Labute approximate surface area is 110 Å². The number of hydrogen-bond donors (Lipinski definition) is 3. The molecule has 0 spiro atoms. The molecule has 2 rings (SSSR count). The lowest BCUT2D eigenvalue weighted by molar-refractivity contribution is 0.222. The van der Waals surface area contributed by atoms with E-state index in [1.165, 1.54) is 0 Å².